The number of aliphatic hydroxyl groups excluding tert-OH is 1. The first kappa shape index (κ1) is 16.0. The quantitative estimate of drug-likeness (QED) is 0.670. The molecule has 1 N–H and O–H groups in total. The van der Waals surface area contributed by atoms with Gasteiger partial charge in [0, 0.05) is 0 Å². The third kappa shape index (κ3) is 3.64. The highest BCUT2D eigenvalue weighted by Crippen LogP contribution is 2.29. The van der Waals surface area contributed by atoms with E-state index in [0.29, 0.717) is 12.2 Å². The van der Waals surface area contributed by atoms with Crippen LogP contribution in [0.5, 0.6) is 0 Å². The van der Waals surface area contributed by atoms with Crippen molar-refractivity contribution in [1.29, 1.82) is 0 Å². The molecule has 0 spiro atoms. The van der Waals surface area contributed by atoms with E-state index >= 15 is 0 Å². The molecule has 1 aromatic heterocycles. The van der Waals surface area contributed by atoms with Gasteiger partial charge in [-0.05, 0) is 26.2 Å². The second-order valence-electron chi connectivity index (χ2n) is 5.69. The summed E-state index contributed by atoms with van der Waals surface area (Å²) < 4.78 is 6.99. The molecule has 1 aliphatic rings. The molecule has 1 aliphatic carbocycles. The first-order chi connectivity index (χ1) is 10.2. The maximum atomic E-state index is 12.0. The zero-order valence-electron chi connectivity index (χ0n) is 13.0. The number of aromatic nitrogens is 2. The second kappa shape index (κ2) is 7.59. The van der Waals surface area contributed by atoms with Crippen molar-refractivity contribution in [2.45, 2.75) is 70.9 Å². The molecule has 21 heavy (non-hydrogen) atoms. The Labute approximate surface area is 126 Å². The van der Waals surface area contributed by atoms with Gasteiger partial charge in [0.1, 0.15) is 5.56 Å². The van der Waals surface area contributed by atoms with Crippen LogP contribution in [0.4, 0.5) is 0 Å². The van der Waals surface area contributed by atoms with Gasteiger partial charge in [-0.3, -0.25) is 4.68 Å². The molecule has 0 aliphatic heterocycles. The summed E-state index contributed by atoms with van der Waals surface area (Å²) in [6.45, 7) is 4.24. The molecule has 2 unspecified atom stereocenters. The molecule has 5 heteroatoms. The van der Waals surface area contributed by atoms with Gasteiger partial charge in [-0.15, -0.1) is 0 Å². The zero-order valence-corrected chi connectivity index (χ0v) is 13.0. The summed E-state index contributed by atoms with van der Waals surface area (Å²) in [4.78, 5) is 12.0. The Morgan fingerprint density at radius 3 is 2.86 bits per heavy atom. The summed E-state index contributed by atoms with van der Waals surface area (Å²) in [5.41, 5.74) is 1.46. The average molecular weight is 294 g/mol. The minimum atomic E-state index is -0.377. The standard InChI is InChI=1S/C16H26N2O3/c1-3-8-13-12(16(20)21-4-2)11-17-18(13)14-9-6-5-7-10-15(14)19/h11,14-15,19H,3-10H2,1-2H3. The lowest BCUT2D eigenvalue weighted by molar-refractivity contribution is 0.0523. The Bertz CT molecular complexity index is 470. The summed E-state index contributed by atoms with van der Waals surface area (Å²) in [5, 5.41) is 14.8. The zero-order chi connectivity index (χ0) is 15.2. The van der Waals surface area contributed by atoms with E-state index < -0.39 is 0 Å². The van der Waals surface area contributed by atoms with Crippen LogP contribution < -0.4 is 0 Å². The Morgan fingerprint density at radius 2 is 2.14 bits per heavy atom. The first-order valence-corrected chi connectivity index (χ1v) is 8.10. The second-order valence-corrected chi connectivity index (χ2v) is 5.69. The lowest BCUT2D eigenvalue weighted by atomic mass is 10.0. The molecule has 1 heterocycles. The highest BCUT2D eigenvalue weighted by Gasteiger charge is 2.28. The van der Waals surface area contributed by atoms with E-state index in [1.54, 1.807) is 13.1 Å². The van der Waals surface area contributed by atoms with Gasteiger partial charge in [0.2, 0.25) is 0 Å². The van der Waals surface area contributed by atoms with Crippen LogP contribution in [-0.4, -0.2) is 33.6 Å². The van der Waals surface area contributed by atoms with Crippen LogP contribution in [0, 0.1) is 0 Å². The normalized spacial score (nSPS) is 22.8. The van der Waals surface area contributed by atoms with E-state index in [0.717, 1.165) is 50.6 Å². The summed E-state index contributed by atoms with van der Waals surface area (Å²) >= 11 is 0. The van der Waals surface area contributed by atoms with Gasteiger partial charge in [0.15, 0.2) is 0 Å². The summed E-state index contributed by atoms with van der Waals surface area (Å²) in [5.74, 6) is -0.310. The molecule has 1 saturated carbocycles. The summed E-state index contributed by atoms with van der Waals surface area (Å²) in [6.07, 6.45) is 7.97. The minimum absolute atomic E-state index is 0.0165. The van der Waals surface area contributed by atoms with Crippen LogP contribution >= 0.6 is 0 Å². The Hall–Kier alpha value is -1.36. The molecule has 0 aromatic carbocycles. The number of esters is 1. The molecule has 0 radical (unpaired) electrons. The number of carbonyl (C=O) groups is 1. The number of aliphatic hydroxyl groups is 1. The van der Waals surface area contributed by atoms with E-state index in [4.69, 9.17) is 4.74 Å². The fourth-order valence-electron chi connectivity index (χ4n) is 3.09. The maximum Gasteiger partial charge on any atom is 0.341 e. The highest BCUT2D eigenvalue weighted by atomic mass is 16.5. The van der Waals surface area contributed by atoms with Crippen molar-refractivity contribution in [3.8, 4) is 0 Å². The molecule has 1 fully saturated rings. The van der Waals surface area contributed by atoms with Crippen molar-refractivity contribution in [1.82, 2.24) is 9.78 Å². The van der Waals surface area contributed by atoms with Crippen LogP contribution in [0.25, 0.3) is 0 Å². The molecule has 1 aromatic rings. The number of ether oxygens (including phenoxy) is 1. The van der Waals surface area contributed by atoms with Crippen molar-refractivity contribution in [3.05, 3.63) is 17.5 Å². The van der Waals surface area contributed by atoms with Crippen LogP contribution in [0.15, 0.2) is 6.20 Å². The van der Waals surface area contributed by atoms with Crippen LogP contribution in [0.2, 0.25) is 0 Å². The maximum absolute atomic E-state index is 12.0. The van der Waals surface area contributed by atoms with E-state index in [2.05, 4.69) is 12.0 Å². The molecule has 2 atom stereocenters. The van der Waals surface area contributed by atoms with Crippen LogP contribution in [0.1, 0.15) is 74.5 Å². The van der Waals surface area contributed by atoms with Crippen molar-refractivity contribution in [2.75, 3.05) is 6.61 Å². The third-order valence-corrected chi connectivity index (χ3v) is 4.14. The SMILES string of the molecule is CCCc1c(C(=O)OCC)cnn1C1CCCCCC1O. The largest absolute Gasteiger partial charge is 0.462 e. The van der Waals surface area contributed by atoms with Crippen molar-refractivity contribution < 1.29 is 14.6 Å². The fourth-order valence-corrected chi connectivity index (χ4v) is 3.09. The van der Waals surface area contributed by atoms with Crippen LogP contribution in [-0.2, 0) is 11.2 Å². The van der Waals surface area contributed by atoms with Crippen molar-refractivity contribution in [2.24, 2.45) is 0 Å². The number of nitrogens with zero attached hydrogens (tertiary/aromatic N) is 2. The van der Waals surface area contributed by atoms with Gasteiger partial charge in [0.25, 0.3) is 0 Å². The van der Waals surface area contributed by atoms with Gasteiger partial charge >= 0.3 is 5.97 Å². The molecular formula is C16H26N2O3. The highest BCUT2D eigenvalue weighted by molar-refractivity contribution is 5.90. The monoisotopic (exact) mass is 294 g/mol. The summed E-state index contributed by atoms with van der Waals surface area (Å²) in [7, 11) is 0. The van der Waals surface area contributed by atoms with Crippen LogP contribution in [0.3, 0.4) is 0 Å². The summed E-state index contributed by atoms with van der Waals surface area (Å²) in [6, 6.07) is -0.0165. The molecule has 0 saturated heterocycles. The Kier molecular flexibility index (Phi) is 5.79. The van der Waals surface area contributed by atoms with E-state index in [9.17, 15) is 9.90 Å². The van der Waals surface area contributed by atoms with Gasteiger partial charge in [0.05, 0.1) is 30.6 Å². The fraction of sp³-hybridized carbons (Fsp3) is 0.750. The predicted molar refractivity (Wildman–Crippen MR) is 80.3 cm³/mol. The average Bonchev–Trinajstić information content (AvgIpc) is 2.75. The molecule has 0 bridgehead atoms. The number of hydrogen-bond donors (Lipinski definition) is 1. The van der Waals surface area contributed by atoms with Crippen molar-refractivity contribution >= 4 is 5.97 Å². The predicted octanol–water partition coefficient (Wildman–Crippen LogP) is 2.88. The smallest absolute Gasteiger partial charge is 0.341 e. The van der Waals surface area contributed by atoms with E-state index in [1.807, 2.05) is 4.68 Å². The molecule has 0 amide bonds. The minimum Gasteiger partial charge on any atom is -0.462 e. The van der Waals surface area contributed by atoms with Gasteiger partial charge < -0.3 is 9.84 Å². The lowest BCUT2D eigenvalue weighted by Gasteiger charge is -2.23. The molecule has 2 rings (SSSR count). The Balaban J connectivity index is 2.31. The Morgan fingerprint density at radius 1 is 1.38 bits per heavy atom. The molecular weight excluding hydrogens is 268 g/mol. The van der Waals surface area contributed by atoms with Gasteiger partial charge in [-0.1, -0.05) is 32.6 Å². The number of carbonyl (C=O) groups excluding carboxylic acids is 1. The number of hydrogen-bond acceptors (Lipinski definition) is 4. The van der Waals surface area contributed by atoms with E-state index in [-0.39, 0.29) is 18.1 Å². The van der Waals surface area contributed by atoms with Gasteiger partial charge in [-0.2, -0.15) is 5.10 Å². The van der Waals surface area contributed by atoms with E-state index in [1.165, 1.54) is 0 Å². The molecule has 5 nitrogen and oxygen atoms in total. The molecule has 118 valence electrons. The number of rotatable bonds is 5. The van der Waals surface area contributed by atoms with Gasteiger partial charge in [-0.25, -0.2) is 4.79 Å². The third-order valence-electron chi connectivity index (χ3n) is 4.14. The topological polar surface area (TPSA) is 64.3 Å². The first-order valence-electron chi connectivity index (χ1n) is 8.10. The lowest BCUT2D eigenvalue weighted by Crippen LogP contribution is -2.26. The van der Waals surface area contributed by atoms with Crippen molar-refractivity contribution in [3.63, 3.8) is 0 Å².